The van der Waals surface area contributed by atoms with Crippen LogP contribution in [-0.4, -0.2) is 16.1 Å². The molecular weight excluding hydrogens is 260 g/mol. The van der Waals surface area contributed by atoms with E-state index in [0.29, 0.717) is 10.8 Å². The van der Waals surface area contributed by atoms with Gasteiger partial charge >= 0.3 is 0 Å². The highest BCUT2D eigenvalue weighted by Crippen LogP contribution is 2.28. The highest BCUT2D eigenvalue weighted by Gasteiger charge is 2.10. The summed E-state index contributed by atoms with van der Waals surface area (Å²) in [5.74, 6) is 0.809. The van der Waals surface area contributed by atoms with Gasteiger partial charge in [-0.1, -0.05) is 23.7 Å². The SMILES string of the molecule is Cc1nc(Cl)c(-c2cccc(OC(C)C)c2)nc1C. The maximum absolute atomic E-state index is 6.18. The van der Waals surface area contributed by atoms with Crippen molar-refractivity contribution in [3.63, 3.8) is 0 Å². The summed E-state index contributed by atoms with van der Waals surface area (Å²) in [6.07, 6.45) is 0.136. The van der Waals surface area contributed by atoms with Gasteiger partial charge in [0.25, 0.3) is 0 Å². The summed E-state index contributed by atoms with van der Waals surface area (Å²) in [6, 6.07) is 7.74. The van der Waals surface area contributed by atoms with Crippen molar-refractivity contribution in [2.75, 3.05) is 0 Å². The molecule has 0 atom stereocenters. The predicted octanol–water partition coefficient (Wildman–Crippen LogP) is 4.20. The third-order valence-corrected chi connectivity index (χ3v) is 3.01. The Morgan fingerprint density at radius 2 is 1.79 bits per heavy atom. The average Bonchev–Trinajstić information content (AvgIpc) is 2.33. The highest BCUT2D eigenvalue weighted by atomic mass is 35.5. The quantitative estimate of drug-likeness (QED) is 0.843. The number of ether oxygens (including phenoxy) is 1. The first-order valence-corrected chi connectivity index (χ1v) is 6.63. The fourth-order valence-electron chi connectivity index (χ4n) is 1.75. The molecule has 2 aromatic rings. The predicted molar refractivity (Wildman–Crippen MR) is 77.7 cm³/mol. The fourth-order valence-corrected chi connectivity index (χ4v) is 2.03. The second kappa shape index (κ2) is 5.57. The Balaban J connectivity index is 2.44. The van der Waals surface area contributed by atoms with Crippen molar-refractivity contribution in [2.45, 2.75) is 33.8 Å². The van der Waals surface area contributed by atoms with Crippen LogP contribution >= 0.6 is 11.6 Å². The van der Waals surface area contributed by atoms with Gasteiger partial charge in [0.05, 0.1) is 17.5 Å². The first kappa shape index (κ1) is 13.8. The molecule has 0 radical (unpaired) electrons. The van der Waals surface area contributed by atoms with Gasteiger partial charge < -0.3 is 4.74 Å². The molecular formula is C15H17ClN2O. The first-order chi connectivity index (χ1) is 8.97. The topological polar surface area (TPSA) is 35.0 Å². The van der Waals surface area contributed by atoms with E-state index in [2.05, 4.69) is 9.97 Å². The monoisotopic (exact) mass is 276 g/mol. The molecule has 0 amide bonds. The molecule has 1 heterocycles. The van der Waals surface area contributed by atoms with Gasteiger partial charge in [-0.2, -0.15) is 0 Å². The molecule has 0 unspecified atom stereocenters. The van der Waals surface area contributed by atoms with Crippen LogP contribution in [0.2, 0.25) is 5.15 Å². The van der Waals surface area contributed by atoms with Crippen molar-refractivity contribution in [1.29, 1.82) is 0 Å². The van der Waals surface area contributed by atoms with Gasteiger partial charge in [-0.05, 0) is 39.8 Å². The number of benzene rings is 1. The zero-order valence-corrected chi connectivity index (χ0v) is 12.3. The van der Waals surface area contributed by atoms with Crippen molar-refractivity contribution >= 4 is 11.6 Å². The zero-order chi connectivity index (χ0) is 14.0. The van der Waals surface area contributed by atoms with E-state index in [-0.39, 0.29) is 6.10 Å². The molecule has 0 N–H and O–H groups in total. The number of rotatable bonds is 3. The summed E-state index contributed by atoms with van der Waals surface area (Å²) < 4.78 is 5.68. The molecule has 0 aliphatic carbocycles. The lowest BCUT2D eigenvalue weighted by atomic mass is 10.1. The number of hydrogen-bond acceptors (Lipinski definition) is 3. The van der Waals surface area contributed by atoms with E-state index in [1.807, 2.05) is 52.0 Å². The molecule has 4 heteroatoms. The van der Waals surface area contributed by atoms with Crippen LogP contribution in [0.25, 0.3) is 11.3 Å². The molecule has 3 nitrogen and oxygen atoms in total. The minimum atomic E-state index is 0.136. The van der Waals surface area contributed by atoms with Crippen LogP contribution < -0.4 is 4.74 Å². The number of aryl methyl sites for hydroxylation is 2. The molecule has 2 rings (SSSR count). The number of aromatic nitrogens is 2. The zero-order valence-electron chi connectivity index (χ0n) is 11.6. The van der Waals surface area contributed by atoms with Crippen LogP contribution in [-0.2, 0) is 0 Å². The molecule has 19 heavy (non-hydrogen) atoms. The van der Waals surface area contributed by atoms with E-state index >= 15 is 0 Å². The van der Waals surface area contributed by atoms with Gasteiger partial charge in [0.15, 0.2) is 5.15 Å². The number of halogens is 1. The summed E-state index contributed by atoms with van der Waals surface area (Å²) in [4.78, 5) is 8.81. The molecule has 1 aromatic carbocycles. The van der Waals surface area contributed by atoms with E-state index in [4.69, 9.17) is 16.3 Å². The third kappa shape index (κ3) is 3.24. The van der Waals surface area contributed by atoms with Crippen molar-refractivity contribution in [2.24, 2.45) is 0 Å². The maximum atomic E-state index is 6.18. The van der Waals surface area contributed by atoms with E-state index in [1.165, 1.54) is 0 Å². The Morgan fingerprint density at radius 1 is 1.11 bits per heavy atom. The third-order valence-electron chi connectivity index (χ3n) is 2.74. The Hall–Kier alpha value is -1.61. The second-order valence-corrected chi connectivity index (χ2v) is 5.09. The summed E-state index contributed by atoms with van der Waals surface area (Å²) in [5, 5.41) is 0.421. The van der Waals surface area contributed by atoms with Gasteiger partial charge in [-0.15, -0.1) is 0 Å². The molecule has 0 saturated heterocycles. The summed E-state index contributed by atoms with van der Waals surface area (Å²) >= 11 is 6.18. The minimum absolute atomic E-state index is 0.136. The molecule has 0 saturated carbocycles. The Kier molecular flexibility index (Phi) is 4.05. The maximum Gasteiger partial charge on any atom is 0.155 e. The molecule has 1 aromatic heterocycles. The molecule has 0 spiro atoms. The van der Waals surface area contributed by atoms with E-state index in [0.717, 1.165) is 22.7 Å². The van der Waals surface area contributed by atoms with Crippen LogP contribution in [0.1, 0.15) is 25.2 Å². The Morgan fingerprint density at radius 3 is 2.47 bits per heavy atom. The van der Waals surface area contributed by atoms with Crippen molar-refractivity contribution in [3.8, 4) is 17.0 Å². The van der Waals surface area contributed by atoms with Crippen molar-refractivity contribution in [1.82, 2.24) is 9.97 Å². The van der Waals surface area contributed by atoms with Crippen molar-refractivity contribution < 1.29 is 4.74 Å². The average molecular weight is 277 g/mol. The summed E-state index contributed by atoms with van der Waals surface area (Å²) in [7, 11) is 0. The smallest absolute Gasteiger partial charge is 0.155 e. The van der Waals surface area contributed by atoms with Crippen molar-refractivity contribution in [3.05, 3.63) is 40.8 Å². The highest BCUT2D eigenvalue weighted by molar-refractivity contribution is 6.31. The first-order valence-electron chi connectivity index (χ1n) is 6.25. The normalized spacial score (nSPS) is 10.8. The lowest BCUT2D eigenvalue weighted by molar-refractivity contribution is 0.242. The second-order valence-electron chi connectivity index (χ2n) is 4.73. The van der Waals surface area contributed by atoms with E-state index < -0.39 is 0 Å². The molecule has 0 aliphatic heterocycles. The molecule has 100 valence electrons. The number of hydrogen-bond donors (Lipinski definition) is 0. The number of nitrogens with zero attached hydrogens (tertiary/aromatic N) is 2. The summed E-state index contributed by atoms with van der Waals surface area (Å²) in [5.41, 5.74) is 3.34. The van der Waals surface area contributed by atoms with Gasteiger partial charge in [-0.3, -0.25) is 0 Å². The minimum Gasteiger partial charge on any atom is -0.491 e. The molecule has 0 fully saturated rings. The van der Waals surface area contributed by atoms with E-state index in [9.17, 15) is 0 Å². The van der Waals surface area contributed by atoms with Crippen LogP contribution in [0, 0.1) is 13.8 Å². The van der Waals surface area contributed by atoms with Crippen LogP contribution in [0.3, 0.4) is 0 Å². The summed E-state index contributed by atoms with van der Waals surface area (Å²) in [6.45, 7) is 7.82. The standard InChI is InChI=1S/C15H17ClN2O/c1-9(2)19-13-7-5-6-12(8-13)14-15(16)18-11(4)10(3)17-14/h5-9H,1-4H3. The molecule has 0 aliphatic rings. The van der Waals surface area contributed by atoms with Crippen LogP contribution in [0.15, 0.2) is 24.3 Å². The van der Waals surface area contributed by atoms with Gasteiger partial charge in [0.1, 0.15) is 11.4 Å². The molecule has 0 bridgehead atoms. The largest absolute Gasteiger partial charge is 0.491 e. The fraction of sp³-hybridized carbons (Fsp3) is 0.333. The lowest BCUT2D eigenvalue weighted by Gasteiger charge is -2.11. The van der Waals surface area contributed by atoms with Gasteiger partial charge in [0.2, 0.25) is 0 Å². The van der Waals surface area contributed by atoms with Gasteiger partial charge in [0, 0.05) is 5.56 Å². The lowest BCUT2D eigenvalue weighted by Crippen LogP contribution is -2.05. The van der Waals surface area contributed by atoms with Crippen LogP contribution in [0.4, 0.5) is 0 Å². The van der Waals surface area contributed by atoms with E-state index in [1.54, 1.807) is 0 Å². The van der Waals surface area contributed by atoms with Gasteiger partial charge in [-0.25, -0.2) is 9.97 Å². The Bertz CT molecular complexity index is 597. The Labute approximate surface area is 118 Å². The van der Waals surface area contributed by atoms with Crippen LogP contribution in [0.5, 0.6) is 5.75 Å².